The van der Waals surface area contributed by atoms with E-state index in [1.807, 2.05) is 13.8 Å². The van der Waals surface area contributed by atoms with E-state index >= 15 is 0 Å². The number of carbonyl (C=O) groups excluding carboxylic acids is 1. The van der Waals surface area contributed by atoms with E-state index in [0.29, 0.717) is 11.4 Å². The molecule has 2 rings (SSSR count). The second-order valence-electron chi connectivity index (χ2n) is 6.50. The summed E-state index contributed by atoms with van der Waals surface area (Å²) in [5.74, 6) is 0.757. The molecule has 0 aliphatic heterocycles. The van der Waals surface area contributed by atoms with E-state index in [2.05, 4.69) is 10.5 Å². The molecule has 2 aromatic rings. The maximum absolute atomic E-state index is 12.2. The minimum atomic E-state index is -3.66. The van der Waals surface area contributed by atoms with Gasteiger partial charge in [0.1, 0.15) is 18.0 Å². The van der Waals surface area contributed by atoms with Crippen molar-refractivity contribution in [1.82, 2.24) is 5.43 Å². The third kappa shape index (κ3) is 7.11. The van der Waals surface area contributed by atoms with Crippen LogP contribution in [0, 0.1) is 0 Å². The Labute approximate surface area is 171 Å². The minimum Gasteiger partial charge on any atom is -0.497 e. The largest absolute Gasteiger partial charge is 0.497 e. The van der Waals surface area contributed by atoms with Crippen LogP contribution in [-0.2, 0) is 14.8 Å². The molecule has 0 heterocycles. The van der Waals surface area contributed by atoms with Crippen LogP contribution in [0.2, 0.25) is 0 Å². The van der Waals surface area contributed by atoms with Gasteiger partial charge >= 0.3 is 0 Å². The number of sulfonamides is 1. The van der Waals surface area contributed by atoms with E-state index in [9.17, 15) is 13.2 Å². The standard InChI is InChI=1S/C20H25N3O5S/c1-15(2)28-19-9-5-16(6-10-19)13-21-22-20(24)14-23(29(4,25)26)17-7-11-18(27-3)12-8-17/h5-13,15H,14H2,1-4H3,(H,22,24)/b21-13-. The van der Waals surface area contributed by atoms with Gasteiger partial charge in [0, 0.05) is 0 Å². The van der Waals surface area contributed by atoms with Crippen molar-refractivity contribution in [3.8, 4) is 11.5 Å². The number of nitrogens with zero attached hydrogens (tertiary/aromatic N) is 2. The van der Waals surface area contributed by atoms with Gasteiger partial charge in [-0.05, 0) is 67.9 Å². The summed E-state index contributed by atoms with van der Waals surface area (Å²) in [4.78, 5) is 12.2. The van der Waals surface area contributed by atoms with Crippen molar-refractivity contribution in [3.05, 3.63) is 54.1 Å². The molecule has 0 bridgehead atoms. The first-order chi connectivity index (χ1) is 13.7. The third-order valence-electron chi connectivity index (χ3n) is 3.70. The molecule has 0 unspecified atom stereocenters. The van der Waals surface area contributed by atoms with Gasteiger partial charge in [0.05, 0.1) is 31.4 Å². The number of amides is 1. The summed E-state index contributed by atoms with van der Waals surface area (Å²) in [5.41, 5.74) is 3.46. The van der Waals surface area contributed by atoms with E-state index < -0.39 is 22.5 Å². The first kappa shape index (κ1) is 22.2. The Kier molecular flexibility index (Phi) is 7.60. The molecule has 0 fully saturated rings. The highest BCUT2D eigenvalue weighted by Gasteiger charge is 2.20. The molecular formula is C20H25N3O5S. The molecule has 0 atom stereocenters. The van der Waals surface area contributed by atoms with Crippen LogP contribution in [0.4, 0.5) is 5.69 Å². The lowest BCUT2D eigenvalue weighted by atomic mass is 10.2. The van der Waals surface area contributed by atoms with Crippen LogP contribution >= 0.6 is 0 Å². The highest BCUT2D eigenvalue weighted by atomic mass is 32.2. The molecule has 0 aliphatic rings. The summed E-state index contributed by atoms with van der Waals surface area (Å²) >= 11 is 0. The van der Waals surface area contributed by atoms with Crippen molar-refractivity contribution in [2.75, 3.05) is 24.2 Å². The number of benzene rings is 2. The number of nitrogens with one attached hydrogen (secondary N) is 1. The lowest BCUT2D eigenvalue weighted by Gasteiger charge is -2.21. The Morgan fingerprint density at radius 3 is 2.21 bits per heavy atom. The maximum atomic E-state index is 12.2. The normalized spacial score (nSPS) is 11.5. The first-order valence-electron chi connectivity index (χ1n) is 8.89. The molecule has 0 aliphatic carbocycles. The van der Waals surface area contributed by atoms with E-state index in [1.54, 1.807) is 48.5 Å². The summed E-state index contributed by atoms with van der Waals surface area (Å²) in [5, 5.41) is 3.88. The number of hydrogen-bond donors (Lipinski definition) is 1. The topological polar surface area (TPSA) is 97.3 Å². The van der Waals surface area contributed by atoms with E-state index in [1.165, 1.54) is 13.3 Å². The lowest BCUT2D eigenvalue weighted by molar-refractivity contribution is -0.119. The van der Waals surface area contributed by atoms with Crippen LogP contribution in [0.1, 0.15) is 19.4 Å². The number of hydrazone groups is 1. The smallest absolute Gasteiger partial charge is 0.260 e. The van der Waals surface area contributed by atoms with Crippen LogP contribution < -0.4 is 19.2 Å². The monoisotopic (exact) mass is 419 g/mol. The number of methoxy groups -OCH3 is 1. The minimum absolute atomic E-state index is 0.0808. The van der Waals surface area contributed by atoms with Crippen LogP contribution in [0.3, 0.4) is 0 Å². The zero-order valence-corrected chi connectivity index (χ0v) is 17.6. The molecule has 0 aromatic heterocycles. The van der Waals surface area contributed by atoms with Gasteiger partial charge in [-0.25, -0.2) is 13.8 Å². The van der Waals surface area contributed by atoms with Gasteiger partial charge in [0.2, 0.25) is 10.0 Å². The predicted octanol–water partition coefficient (Wildman–Crippen LogP) is 2.40. The van der Waals surface area contributed by atoms with Crippen molar-refractivity contribution in [2.24, 2.45) is 5.10 Å². The second-order valence-corrected chi connectivity index (χ2v) is 8.40. The van der Waals surface area contributed by atoms with Crippen molar-refractivity contribution in [2.45, 2.75) is 20.0 Å². The van der Waals surface area contributed by atoms with E-state index in [0.717, 1.165) is 21.9 Å². The molecule has 8 nitrogen and oxygen atoms in total. The second kappa shape index (κ2) is 9.92. The first-order valence-corrected chi connectivity index (χ1v) is 10.7. The van der Waals surface area contributed by atoms with Gasteiger partial charge < -0.3 is 9.47 Å². The Morgan fingerprint density at radius 2 is 1.69 bits per heavy atom. The van der Waals surface area contributed by atoms with Crippen molar-refractivity contribution in [3.63, 3.8) is 0 Å². The molecule has 2 aromatic carbocycles. The number of anilines is 1. The Bertz CT molecular complexity index is 939. The van der Waals surface area contributed by atoms with Crippen LogP contribution in [0.15, 0.2) is 53.6 Å². The molecule has 0 spiro atoms. The van der Waals surface area contributed by atoms with Gasteiger partial charge in [-0.3, -0.25) is 9.10 Å². The van der Waals surface area contributed by atoms with Crippen LogP contribution in [0.5, 0.6) is 11.5 Å². The Balaban J connectivity index is 2.00. The van der Waals surface area contributed by atoms with Gasteiger partial charge in [-0.1, -0.05) is 0 Å². The highest BCUT2D eigenvalue weighted by Crippen LogP contribution is 2.21. The summed E-state index contributed by atoms with van der Waals surface area (Å²) in [6.07, 6.45) is 2.58. The molecule has 156 valence electrons. The fourth-order valence-corrected chi connectivity index (χ4v) is 3.25. The molecule has 1 N–H and O–H groups in total. The van der Waals surface area contributed by atoms with Crippen molar-refractivity contribution < 1.29 is 22.7 Å². The van der Waals surface area contributed by atoms with Crippen LogP contribution in [0.25, 0.3) is 0 Å². The molecule has 0 radical (unpaired) electrons. The highest BCUT2D eigenvalue weighted by molar-refractivity contribution is 7.92. The predicted molar refractivity (Wildman–Crippen MR) is 113 cm³/mol. The maximum Gasteiger partial charge on any atom is 0.260 e. The lowest BCUT2D eigenvalue weighted by Crippen LogP contribution is -2.39. The number of hydrogen-bond acceptors (Lipinski definition) is 6. The van der Waals surface area contributed by atoms with Gasteiger partial charge in [-0.15, -0.1) is 0 Å². The molecular weight excluding hydrogens is 394 g/mol. The quantitative estimate of drug-likeness (QED) is 0.497. The number of rotatable bonds is 9. The molecule has 1 amide bonds. The summed E-state index contributed by atoms with van der Waals surface area (Å²) < 4.78 is 35.8. The zero-order valence-electron chi connectivity index (χ0n) is 16.8. The average Bonchev–Trinajstić information content (AvgIpc) is 2.66. The fourth-order valence-electron chi connectivity index (χ4n) is 2.40. The van der Waals surface area contributed by atoms with Gasteiger partial charge in [0.15, 0.2) is 0 Å². The number of ether oxygens (including phenoxy) is 2. The van der Waals surface area contributed by atoms with Crippen LogP contribution in [-0.4, -0.2) is 46.6 Å². The summed E-state index contributed by atoms with van der Waals surface area (Å²) in [6.45, 7) is 3.48. The van der Waals surface area contributed by atoms with E-state index in [4.69, 9.17) is 9.47 Å². The fraction of sp³-hybridized carbons (Fsp3) is 0.300. The molecule has 0 saturated heterocycles. The Hall–Kier alpha value is -3.07. The summed E-state index contributed by atoms with van der Waals surface area (Å²) in [7, 11) is -2.15. The Morgan fingerprint density at radius 1 is 1.10 bits per heavy atom. The molecule has 9 heteroatoms. The van der Waals surface area contributed by atoms with Gasteiger partial charge in [-0.2, -0.15) is 5.10 Å². The van der Waals surface area contributed by atoms with E-state index in [-0.39, 0.29) is 6.10 Å². The van der Waals surface area contributed by atoms with Gasteiger partial charge in [0.25, 0.3) is 5.91 Å². The molecule has 29 heavy (non-hydrogen) atoms. The average molecular weight is 420 g/mol. The van der Waals surface area contributed by atoms with Crippen molar-refractivity contribution in [1.29, 1.82) is 0 Å². The number of carbonyl (C=O) groups is 1. The zero-order chi connectivity index (χ0) is 21.4. The van der Waals surface area contributed by atoms with Crippen molar-refractivity contribution >= 4 is 27.8 Å². The molecule has 0 saturated carbocycles. The SMILES string of the molecule is COc1ccc(N(CC(=O)N/N=C\c2ccc(OC(C)C)cc2)S(C)(=O)=O)cc1. The summed E-state index contributed by atoms with van der Waals surface area (Å²) in [6, 6.07) is 13.6. The third-order valence-corrected chi connectivity index (χ3v) is 4.84.